The van der Waals surface area contributed by atoms with Crippen LogP contribution in [-0.4, -0.2) is 23.7 Å². The van der Waals surface area contributed by atoms with Gasteiger partial charge < -0.3 is 10.1 Å². The van der Waals surface area contributed by atoms with Crippen molar-refractivity contribution in [1.29, 1.82) is 0 Å². The quantitative estimate of drug-likeness (QED) is 0.933. The highest BCUT2D eigenvalue weighted by Crippen LogP contribution is 2.63. The van der Waals surface area contributed by atoms with Crippen LogP contribution >= 0.6 is 11.3 Å². The zero-order valence-corrected chi connectivity index (χ0v) is 13.7. The summed E-state index contributed by atoms with van der Waals surface area (Å²) in [5.74, 6) is 0.737. The fraction of sp³-hybridized carbons (Fsp3) is 0.611. The summed E-state index contributed by atoms with van der Waals surface area (Å²) in [6, 6.07) is 5.41. The van der Waals surface area contributed by atoms with Crippen molar-refractivity contribution in [2.24, 2.45) is 11.3 Å². The van der Waals surface area contributed by atoms with Gasteiger partial charge >= 0.3 is 0 Å². The summed E-state index contributed by atoms with van der Waals surface area (Å²) in [6.45, 7) is 3.25. The molecule has 0 aromatic carbocycles. The van der Waals surface area contributed by atoms with Gasteiger partial charge in [-0.15, -0.1) is 11.3 Å². The van der Waals surface area contributed by atoms with Gasteiger partial charge in [0.25, 0.3) is 0 Å². The number of fused-ring (bicyclic) bond motifs is 3. The third-order valence-electron chi connectivity index (χ3n) is 6.29. The van der Waals surface area contributed by atoms with Gasteiger partial charge in [-0.3, -0.25) is 4.98 Å². The maximum atomic E-state index is 6.02. The highest BCUT2D eigenvalue weighted by atomic mass is 32.1. The van der Waals surface area contributed by atoms with Crippen LogP contribution in [0.1, 0.15) is 44.2 Å². The van der Waals surface area contributed by atoms with E-state index in [9.17, 15) is 0 Å². The zero-order chi connectivity index (χ0) is 14.7. The number of nitrogens with one attached hydrogen (secondary N) is 1. The van der Waals surface area contributed by atoms with Crippen LogP contribution in [0.3, 0.4) is 0 Å². The second kappa shape index (κ2) is 4.76. The Hall–Kier alpha value is -0.970. The Labute approximate surface area is 135 Å². The van der Waals surface area contributed by atoms with E-state index < -0.39 is 0 Å². The van der Waals surface area contributed by atoms with Crippen LogP contribution in [0.2, 0.25) is 0 Å². The Morgan fingerprint density at radius 2 is 2.36 bits per heavy atom. The van der Waals surface area contributed by atoms with Crippen LogP contribution in [0, 0.1) is 11.3 Å². The van der Waals surface area contributed by atoms with Gasteiger partial charge in [-0.05, 0) is 49.3 Å². The van der Waals surface area contributed by atoms with Gasteiger partial charge in [0.15, 0.2) is 0 Å². The Bertz CT molecular complexity index is 708. The predicted octanol–water partition coefficient (Wildman–Crippen LogP) is 3.90. The molecule has 1 aliphatic heterocycles. The SMILES string of the molecule is C[C@H](N[C@@H]1[C@@H]2CCO[C@H]2C12CCC2)c1cnc2ccsc2c1. The molecule has 3 fully saturated rings. The predicted molar refractivity (Wildman–Crippen MR) is 89.1 cm³/mol. The lowest BCUT2D eigenvalue weighted by molar-refractivity contribution is -0.178. The van der Waals surface area contributed by atoms with Crippen molar-refractivity contribution in [2.45, 2.75) is 50.8 Å². The summed E-state index contributed by atoms with van der Waals surface area (Å²) < 4.78 is 7.32. The van der Waals surface area contributed by atoms with Crippen molar-refractivity contribution in [1.82, 2.24) is 10.3 Å². The molecule has 1 N–H and O–H groups in total. The standard InChI is InChI=1S/C18H22N2OS/c1-11(12-9-15-14(19-10-12)4-8-22-15)20-16-13-3-7-21-17(13)18(16)5-2-6-18/h4,8-11,13,16-17,20H,2-3,5-7H2,1H3/t11-,13-,16+,17+/m0/s1. The number of pyridine rings is 1. The lowest BCUT2D eigenvalue weighted by atomic mass is 9.46. The van der Waals surface area contributed by atoms with Gasteiger partial charge in [0.05, 0.1) is 16.3 Å². The molecule has 0 amide bonds. The molecule has 4 atom stereocenters. The number of nitrogens with zero attached hydrogens (tertiary/aromatic N) is 1. The zero-order valence-electron chi connectivity index (χ0n) is 12.9. The first kappa shape index (κ1) is 13.5. The summed E-state index contributed by atoms with van der Waals surface area (Å²) in [5, 5.41) is 6.06. The summed E-state index contributed by atoms with van der Waals surface area (Å²) in [4.78, 5) is 4.60. The summed E-state index contributed by atoms with van der Waals surface area (Å²) in [7, 11) is 0. The maximum Gasteiger partial charge on any atom is 0.0809 e. The summed E-state index contributed by atoms with van der Waals surface area (Å²) in [5.41, 5.74) is 2.88. The Morgan fingerprint density at radius 1 is 1.45 bits per heavy atom. The van der Waals surface area contributed by atoms with Gasteiger partial charge in [-0.25, -0.2) is 0 Å². The van der Waals surface area contributed by atoms with Crippen molar-refractivity contribution >= 4 is 21.6 Å². The molecule has 4 heteroatoms. The van der Waals surface area contributed by atoms with E-state index in [4.69, 9.17) is 4.74 Å². The van der Waals surface area contributed by atoms with E-state index in [1.54, 1.807) is 11.3 Å². The Kier molecular flexibility index (Phi) is 2.91. The number of ether oxygens (including phenoxy) is 1. The molecule has 3 heterocycles. The van der Waals surface area contributed by atoms with Gasteiger partial charge in [0, 0.05) is 36.2 Å². The van der Waals surface area contributed by atoms with Crippen LogP contribution in [-0.2, 0) is 4.74 Å². The van der Waals surface area contributed by atoms with Crippen molar-refractivity contribution < 1.29 is 4.74 Å². The maximum absolute atomic E-state index is 6.02. The first-order chi connectivity index (χ1) is 10.8. The minimum absolute atomic E-state index is 0.364. The molecule has 22 heavy (non-hydrogen) atoms. The van der Waals surface area contributed by atoms with Gasteiger partial charge in [-0.1, -0.05) is 6.42 Å². The number of aromatic nitrogens is 1. The van der Waals surface area contributed by atoms with E-state index in [2.05, 4.69) is 34.7 Å². The highest BCUT2D eigenvalue weighted by molar-refractivity contribution is 7.17. The van der Waals surface area contributed by atoms with E-state index in [0.29, 0.717) is 23.6 Å². The Morgan fingerprint density at radius 3 is 3.18 bits per heavy atom. The molecular formula is C18H22N2OS. The van der Waals surface area contributed by atoms with Crippen LogP contribution < -0.4 is 5.32 Å². The molecule has 2 aliphatic carbocycles. The molecule has 0 unspecified atom stereocenters. The number of rotatable bonds is 3. The van der Waals surface area contributed by atoms with Gasteiger partial charge in [0.2, 0.25) is 0 Å². The third kappa shape index (κ3) is 1.72. The smallest absolute Gasteiger partial charge is 0.0809 e. The number of hydrogen-bond donors (Lipinski definition) is 1. The molecule has 1 spiro atoms. The average molecular weight is 314 g/mol. The van der Waals surface area contributed by atoms with Crippen molar-refractivity contribution in [3.8, 4) is 0 Å². The molecule has 2 aromatic heterocycles. The van der Waals surface area contributed by atoms with Crippen LogP contribution in [0.25, 0.3) is 10.2 Å². The molecule has 5 rings (SSSR count). The second-order valence-corrected chi connectivity index (χ2v) is 8.22. The number of hydrogen-bond acceptors (Lipinski definition) is 4. The number of thiophene rings is 1. The fourth-order valence-corrected chi connectivity index (χ4v) is 5.75. The highest BCUT2D eigenvalue weighted by Gasteiger charge is 2.66. The minimum atomic E-state index is 0.364. The molecule has 1 saturated heterocycles. The first-order valence-corrected chi connectivity index (χ1v) is 9.37. The van der Waals surface area contributed by atoms with Crippen LogP contribution in [0.5, 0.6) is 0 Å². The normalized spacial score (nSPS) is 33.4. The molecule has 3 nitrogen and oxygen atoms in total. The van der Waals surface area contributed by atoms with Crippen molar-refractivity contribution in [3.63, 3.8) is 0 Å². The van der Waals surface area contributed by atoms with E-state index in [1.165, 1.54) is 35.9 Å². The lowest BCUT2D eigenvalue weighted by Gasteiger charge is -2.64. The second-order valence-electron chi connectivity index (χ2n) is 7.27. The van der Waals surface area contributed by atoms with Crippen molar-refractivity contribution in [2.75, 3.05) is 6.61 Å². The van der Waals surface area contributed by atoms with Gasteiger partial charge in [0.1, 0.15) is 0 Å². The van der Waals surface area contributed by atoms with E-state index in [-0.39, 0.29) is 0 Å². The average Bonchev–Trinajstić information content (AvgIpc) is 3.09. The van der Waals surface area contributed by atoms with E-state index in [0.717, 1.165) is 18.0 Å². The topological polar surface area (TPSA) is 34.1 Å². The summed E-state index contributed by atoms with van der Waals surface area (Å²) in [6.07, 6.45) is 7.90. The summed E-state index contributed by atoms with van der Waals surface area (Å²) >= 11 is 1.78. The molecule has 2 saturated carbocycles. The monoisotopic (exact) mass is 314 g/mol. The van der Waals surface area contributed by atoms with Gasteiger partial charge in [-0.2, -0.15) is 0 Å². The van der Waals surface area contributed by atoms with Crippen LogP contribution in [0.4, 0.5) is 0 Å². The van der Waals surface area contributed by atoms with E-state index >= 15 is 0 Å². The molecule has 2 aromatic rings. The first-order valence-electron chi connectivity index (χ1n) is 8.49. The largest absolute Gasteiger partial charge is 0.377 e. The lowest BCUT2D eigenvalue weighted by Crippen LogP contribution is -2.71. The van der Waals surface area contributed by atoms with E-state index in [1.807, 2.05) is 6.20 Å². The molecular weight excluding hydrogens is 292 g/mol. The molecule has 116 valence electrons. The minimum Gasteiger partial charge on any atom is -0.377 e. The third-order valence-corrected chi connectivity index (χ3v) is 7.14. The fourth-order valence-electron chi connectivity index (χ4n) is 4.96. The van der Waals surface area contributed by atoms with Crippen molar-refractivity contribution in [3.05, 3.63) is 29.3 Å². The molecule has 0 radical (unpaired) electrons. The Balaban J connectivity index is 1.38. The van der Waals surface area contributed by atoms with Crippen LogP contribution in [0.15, 0.2) is 23.7 Å². The molecule has 3 aliphatic rings. The molecule has 0 bridgehead atoms.